The number of anilines is 1. The Balaban J connectivity index is 1.73. The molecule has 0 saturated carbocycles. The van der Waals surface area contributed by atoms with E-state index in [-0.39, 0.29) is 23.4 Å². The molecule has 0 amide bonds. The lowest BCUT2D eigenvalue weighted by molar-refractivity contribution is 0.0698. The van der Waals surface area contributed by atoms with Crippen molar-refractivity contribution in [3.05, 3.63) is 47.7 Å². The highest BCUT2D eigenvalue weighted by Crippen LogP contribution is 2.39. The number of hydrogen-bond acceptors (Lipinski definition) is 7. The monoisotopic (exact) mass is 400 g/mol. The van der Waals surface area contributed by atoms with Gasteiger partial charge in [0, 0.05) is 24.8 Å². The van der Waals surface area contributed by atoms with E-state index >= 15 is 0 Å². The molecule has 2 unspecified atom stereocenters. The standard InChI is InChI=1S/C19H21FN6O3/c1-11(8-21)29-18-13(7-12(20)9-22-18)15-3-2-5-25(15)16-4-6-26-17(24-16)14(10-23-26)19(27)28/h4,6-7,9-11,15H,2-3,5,8,21H2,1H3,(H,27,28). The third-order valence-corrected chi connectivity index (χ3v) is 4.98. The van der Waals surface area contributed by atoms with E-state index in [9.17, 15) is 14.3 Å². The Kier molecular flexibility index (Phi) is 5.01. The number of hydrogen-bond donors (Lipinski definition) is 2. The number of halogens is 1. The molecule has 4 heterocycles. The number of pyridine rings is 1. The number of fused-ring (bicyclic) bond motifs is 1. The second-order valence-electron chi connectivity index (χ2n) is 6.98. The van der Waals surface area contributed by atoms with Gasteiger partial charge in [-0.1, -0.05) is 0 Å². The van der Waals surface area contributed by atoms with Crippen molar-refractivity contribution in [3.63, 3.8) is 0 Å². The molecule has 1 aliphatic heterocycles. The van der Waals surface area contributed by atoms with Crippen LogP contribution in [0.2, 0.25) is 0 Å². The van der Waals surface area contributed by atoms with E-state index in [2.05, 4.69) is 15.1 Å². The molecule has 1 fully saturated rings. The Labute approximate surface area is 165 Å². The van der Waals surface area contributed by atoms with Crippen molar-refractivity contribution in [2.45, 2.75) is 31.9 Å². The number of ether oxygens (including phenoxy) is 1. The largest absolute Gasteiger partial charge is 0.477 e. The van der Waals surface area contributed by atoms with Crippen LogP contribution in [0.4, 0.5) is 10.2 Å². The average Bonchev–Trinajstić information content (AvgIpc) is 3.35. The van der Waals surface area contributed by atoms with Crippen molar-refractivity contribution in [2.75, 3.05) is 18.0 Å². The lowest BCUT2D eigenvalue weighted by Crippen LogP contribution is -2.27. The van der Waals surface area contributed by atoms with E-state index in [0.717, 1.165) is 19.0 Å². The van der Waals surface area contributed by atoms with Gasteiger partial charge in [0.15, 0.2) is 5.65 Å². The van der Waals surface area contributed by atoms with E-state index in [1.807, 2.05) is 11.8 Å². The second kappa shape index (κ2) is 7.63. The minimum atomic E-state index is -1.09. The normalized spacial score (nSPS) is 17.6. The van der Waals surface area contributed by atoms with Crippen LogP contribution in [0.1, 0.15) is 41.7 Å². The summed E-state index contributed by atoms with van der Waals surface area (Å²) in [6.45, 7) is 2.82. The topological polar surface area (TPSA) is 119 Å². The van der Waals surface area contributed by atoms with Crippen molar-refractivity contribution in [1.82, 2.24) is 19.6 Å². The zero-order valence-electron chi connectivity index (χ0n) is 15.8. The number of aromatic carboxylic acids is 1. The molecule has 3 aromatic rings. The SMILES string of the molecule is CC(CN)Oc1ncc(F)cc1C1CCCN1c1ccn2ncc(C(=O)O)c2n1. The Morgan fingerprint density at radius 2 is 2.31 bits per heavy atom. The number of nitrogens with zero attached hydrogens (tertiary/aromatic N) is 5. The number of nitrogens with two attached hydrogens (primary N) is 1. The quantitative estimate of drug-likeness (QED) is 0.645. The van der Waals surface area contributed by atoms with E-state index < -0.39 is 11.8 Å². The summed E-state index contributed by atoms with van der Waals surface area (Å²) in [5.41, 5.74) is 6.55. The van der Waals surface area contributed by atoms with Gasteiger partial charge in [0.2, 0.25) is 5.88 Å². The van der Waals surface area contributed by atoms with Crippen LogP contribution < -0.4 is 15.4 Å². The fourth-order valence-corrected chi connectivity index (χ4v) is 3.55. The first-order valence-electron chi connectivity index (χ1n) is 9.34. The van der Waals surface area contributed by atoms with E-state index in [0.29, 0.717) is 30.4 Å². The summed E-state index contributed by atoms with van der Waals surface area (Å²) in [5.74, 6) is -0.613. The van der Waals surface area contributed by atoms with Crippen LogP contribution in [0.25, 0.3) is 5.65 Å². The summed E-state index contributed by atoms with van der Waals surface area (Å²) in [5, 5.41) is 13.4. The molecule has 0 spiro atoms. The molecule has 9 nitrogen and oxygen atoms in total. The molecule has 10 heteroatoms. The molecule has 0 bridgehead atoms. The zero-order valence-corrected chi connectivity index (χ0v) is 15.8. The first-order chi connectivity index (χ1) is 14.0. The maximum atomic E-state index is 14.0. The van der Waals surface area contributed by atoms with Crippen LogP contribution in [0.3, 0.4) is 0 Å². The number of rotatable bonds is 6. The minimum absolute atomic E-state index is 0.0239. The first-order valence-corrected chi connectivity index (χ1v) is 9.34. The predicted octanol–water partition coefficient (Wildman–Crippen LogP) is 2.03. The van der Waals surface area contributed by atoms with Crippen molar-refractivity contribution in [2.24, 2.45) is 5.73 Å². The molecule has 1 saturated heterocycles. The van der Waals surface area contributed by atoms with Gasteiger partial charge in [-0.05, 0) is 31.9 Å². The van der Waals surface area contributed by atoms with Gasteiger partial charge in [0.25, 0.3) is 0 Å². The van der Waals surface area contributed by atoms with Crippen molar-refractivity contribution >= 4 is 17.4 Å². The van der Waals surface area contributed by atoms with Gasteiger partial charge in [0.05, 0.1) is 18.4 Å². The highest BCUT2D eigenvalue weighted by Gasteiger charge is 2.31. The number of carboxylic acids is 1. The van der Waals surface area contributed by atoms with Crippen LogP contribution in [0.15, 0.2) is 30.7 Å². The van der Waals surface area contributed by atoms with Gasteiger partial charge in [0.1, 0.15) is 23.3 Å². The first kappa shape index (κ1) is 19.1. The molecular weight excluding hydrogens is 379 g/mol. The summed E-state index contributed by atoms with van der Waals surface area (Å²) < 4.78 is 21.2. The van der Waals surface area contributed by atoms with Crippen LogP contribution in [-0.2, 0) is 0 Å². The average molecular weight is 400 g/mol. The molecule has 152 valence electrons. The Hall–Kier alpha value is -3.27. The van der Waals surface area contributed by atoms with Crippen LogP contribution in [0.5, 0.6) is 5.88 Å². The highest BCUT2D eigenvalue weighted by molar-refractivity contribution is 5.94. The van der Waals surface area contributed by atoms with Gasteiger partial charge in [-0.25, -0.2) is 23.7 Å². The lowest BCUT2D eigenvalue weighted by atomic mass is 10.1. The van der Waals surface area contributed by atoms with E-state index in [1.54, 1.807) is 12.3 Å². The molecule has 0 aliphatic carbocycles. The molecule has 3 N–H and O–H groups in total. The fraction of sp³-hybridized carbons (Fsp3) is 0.368. The summed E-state index contributed by atoms with van der Waals surface area (Å²) in [4.78, 5) is 22.1. The third kappa shape index (κ3) is 3.58. The maximum absolute atomic E-state index is 14.0. The molecule has 0 radical (unpaired) electrons. The number of carbonyl (C=O) groups is 1. The Bertz CT molecular complexity index is 1060. The minimum Gasteiger partial charge on any atom is -0.477 e. The van der Waals surface area contributed by atoms with E-state index in [1.165, 1.54) is 16.8 Å². The molecular formula is C19H21FN6O3. The molecule has 4 rings (SSSR count). The fourth-order valence-electron chi connectivity index (χ4n) is 3.55. The Morgan fingerprint density at radius 1 is 1.48 bits per heavy atom. The van der Waals surface area contributed by atoms with Gasteiger partial charge >= 0.3 is 5.97 Å². The van der Waals surface area contributed by atoms with Gasteiger partial charge in [-0.3, -0.25) is 0 Å². The zero-order chi connectivity index (χ0) is 20.5. The summed E-state index contributed by atoms with van der Waals surface area (Å²) in [7, 11) is 0. The van der Waals surface area contributed by atoms with Crippen LogP contribution >= 0.6 is 0 Å². The molecule has 2 atom stereocenters. The lowest BCUT2D eigenvalue weighted by Gasteiger charge is -2.27. The second-order valence-corrected chi connectivity index (χ2v) is 6.98. The predicted molar refractivity (Wildman–Crippen MR) is 103 cm³/mol. The third-order valence-electron chi connectivity index (χ3n) is 4.98. The van der Waals surface area contributed by atoms with Gasteiger partial charge in [-0.15, -0.1) is 0 Å². The number of carboxylic acid groups (broad SMARTS) is 1. The summed E-state index contributed by atoms with van der Waals surface area (Å²) >= 11 is 0. The van der Waals surface area contributed by atoms with Gasteiger partial charge in [-0.2, -0.15) is 5.10 Å². The molecule has 29 heavy (non-hydrogen) atoms. The molecule has 0 aromatic carbocycles. The smallest absolute Gasteiger partial charge is 0.341 e. The highest BCUT2D eigenvalue weighted by atomic mass is 19.1. The molecule has 3 aromatic heterocycles. The summed E-state index contributed by atoms with van der Waals surface area (Å²) in [6, 6.07) is 2.98. The van der Waals surface area contributed by atoms with Crippen LogP contribution in [0, 0.1) is 5.82 Å². The van der Waals surface area contributed by atoms with Crippen molar-refractivity contribution < 1.29 is 19.0 Å². The van der Waals surface area contributed by atoms with Crippen LogP contribution in [-0.4, -0.2) is 49.9 Å². The maximum Gasteiger partial charge on any atom is 0.341 e. The van der Waals surface area contributed by atoms with E-state index in [4.69, 9.17) is 10.5 Å². The van der Waals surface area contributed by atoms with Gasteiger partial charge < -0.3 is 20.5 Å². The Morgan fingerprint density at radius 3 is 3.07 bits per heavy atom. The summed E-state index contributed by atoms with van der Waals surface area (Å²) in [6.07, 6.45) is 5.42. The van der Waals surface area contributed by atoms with Crippen molar-refractivity contribution in [1.29, 1.82) is 0 Å². The van der Waals surface area contributed by atoms with Crippen molar-refractivity contribution in [3.8, 4) is 5.88 Å². The molecule has 1 aliphatic rings. The number of aromatic nitrogens is 4.